The van der Waals surface area contributed by atoms with Gasteiger partial charge in [0.15, 0.2) is 0 Å². The standard InChI is InChI=1S/C12H21NO/c1-10(2)7-8-11(3)13(5)9-12(4)14-6/h7-8,12H,1,3,9H2,2,4-6H3/b8-7-/t12-/m0/s1. The van der Waals surface area contributed by atoms with E-state index in [-0.39, 0.29) is 6.10 Å². The van der Waals surface area contributed by atoms with Gasteiger partial charge in [0.2, 0.25) is 0 Å². The van der Waals surface area contributed by atoms with Crippen molar-refractivity contribution in [2.75, 3.05) is 20.7 Å². The number of likely N-dealkylation sites (N-methyl/N-ethyl adjacent to an activating group) is 1. The Kier molecular flexibility index (Phi) is 5.97. The number of hydrogen-bond donors (Lipinski definition) is 0. The molecule has 0 saturated carbocycles. The van der Waals surface area contributed by atoms with Gasteiger partial charge in [-0.25, -0.2) is 0 Å². The van der Waals surface area contributed by atoms with Gasteiger partial charge in [-0.1, -0.05) is 24.8 Å². The molecule has 0 aromatic carbocycles. The maximum atomic E-state index is 5.17. The van der Waals surface area contributed by atoms with Crippen LogP contribution in [0.1, 0.15) is 13.8 Å². The van der Waals surface area contributed by atoms with Gasteiger partial charge < -0.3 is 9.64 Å². The van der Waals surface area contributed by atoms with Crippen LogP contribution in [0.3, 0.4) is 0 Å². The third-order valence-electron chi connectivity index (χ3n) is 1.98. The van der Waals surface area contributed by atoms with Gasteiger partial charge in [0, 0.05) is 26.4 Å². The van der Waals surface area contributed by atoms with E-state index in [2.05, 4.69) is 18.1 Å². The SMILES string of the molecule is C=C(C)/C=C\C(=C)N(C)C[C@H](C)OC. The second-order valence-electron chi connectivity index (χ2n) is 3.60. The molecule has 80 valence electrons. The highest BCUT2D eigenvalue weighted by Gasteiger charge is 2.04. The monoisotopic (exact) mass is 195 g/mol. The van der Waals surface area contributed by atoms with E-state index < -0.39 is 0 Å². The predicted octanol–water partition coefficient (Wildman–Crippen LogP) is 2.60. The van der Waals surface area contributed by atoms with Gasteiger partial charge in [0.05, 0.1) is 6.10 Å². The minimum absolute atomic E-state index is 0.218. The topological polar surface area (TPSA) is 12.5 Å². The van der Waals surface area contributed by atoms with Gasteiger partial charge in [-0.2, -0.15) is 0 Å². The summed E-state index contributed by atoms with van der Waals surface area (Å²) < 4.78 is 5.17. The molecule has 0 unspecified atom stereocenters. The van der Waals surface area contributed by atoms with Gasteiger partial charge in [-0.15, -0.1) is 0 Å². The van der Waals surface area contributed by atoms with Crippen LogP contribution in [0.2, 0.25) is 0 Å². The zero-order chi connectivity index (χ0) is 11.1. The maximum Gasteiger partial charge on any atom is 0.0717 e. The van der Waals surface area contributed by atoms with Crippen LogP contribution in [0, 0.1) is 0 Å². The van der Waals surface area contributed by atoms with E-state index in [1.807, 2.05) is 33.0 Å². The van der Waals surface area contributed by atoms with Crippen LogP contribution in [0.25, 0.3) is 0 Å². The molecule has 2 nitrogen and oxygen atoms in total. The van der Waals surface area contributed by atoms with Crippen molar-refractivity contribution in [3.05, 3.63) is 36.6 Å². The summed E-state index contributed by atoms with van der Waals surface area (Å²) in [4.78, 5) is 2.06. The highest BCUT2D eigenvalue weighted by Crippen LogP contribution is 2.04. The Hall–Kier alpha value is -1.02. The molecule has 0 rings (SSSR count). The number of nitrogens with zero attached hydrogens (tertiary/aromatic N) is 1. The molecule has 1 atom stereocenters. The second-order valence-corrected chi connectivity index (χ2v) is 3.60. The lowest BCUT2D eigenvalue weighted by Crippen LogP contribution is -2.27. The number of hydrogen-bond acceptors (Lipinski definition) is 2. The summed E-state index contributed by atoms with van der Waals surface area (Å²) in [6.45, 7) is 12.6. The van der Waals surface area contributed by atoms with Gasteiger partial charge in [0.25, 0.3) is 0 Å². The Labute approximate surface area is 87.6 Å². The zero-order valence-electron chi connectivity index (χ0n) is 9.71. The molecule has 0 fully saturated rings. The molecular formula is C12H21NO. The molecule has 14 heavy (non-hydrogen) atoms. The van der Waals surface area contributed by atoms with Crippen LogP contribution in [-0.2, 0) is 4.74 Å². The average molecular weight is 195 g/mol. The van der Waals surface area contributed by atoms with Gasteiger partial charge in [-0.05, 0) is 19.9 Å². The van der Waals surface area contributed by atoms with Crippen molar-refractivity contribution in [2.45, 2.75) is 20.0 Å². The number of ether oxygens (including phenoxy) is 1. The van der Waals surface area contributed by atoms with Crippen molar-refractivity contribution < 1.29 is 4.74 Å². The highest BCUT2D eigenvalue weighted by atomic mass is 16.5. The average Bonchev–Trinajstić information content (AvgIpc) is 2.13. The summed E-state index contributed by atoms with van der Waals surface area (Å²) in [7, 11) is 3.71. The van der Waals surface area contributed by atoms with E-state index in [4.69, 9.17) is 4.74 Å². The molecule has 0 aromatic heterocycles. The molecule has 0 heterocycles. The molecule has 2 heteroatoms. The Morgan fingerprint density at radius 3 is 2.43 bits per heavy atom. The third-order valence-corrected chi connectivity index (χ3v) is 1.98. The number of rotatable bonds is 6. The van der Waals surface area contributed by atoms with Crippen LogP contribution in [0.5, 0.6) is 0 Å². The second kappa shape index (κ2) is 6.44. The summed E-state index contributed by atoms with van der Waals surface area (Å²) in [5.41, 5.74) is 2.00. The first kappa shape index (κ1) is 13.0. The van der Waals surface area contributed by atoms with Gasteiger partial charge in [0.1, 0.15) is 0 Å². The fraction of sp³-hybridized carbons (Fsp3) is 0.500. The Morgan fingerprint density at radius 2 is 2.00 bits per heavy atom. The van der Waals surface area contributed by atoms with Gasteiger partial charge in [-0.3, -0.25) is 0 Å². The van der Waals surface area contributed by atoms with Crippen molar-refractivity contribution in [1.29, 1.82) is 0 Å². The van der Waals surface area contributed by atoms with Crippen LogP contribution < -0.4 is 0 Å². The van der Waals surface area contributed by atoms with Crippen LogP contribution in [0.15, 0.2) is 36.6 Å². The summed E-state index contributed by atoms with van der Waals surface area (Å²) in [6, 6.07) is 0. The van der Waals surface area contributed by atoms with Crippen molar-refractivity contribution in [3.8, 4) is 0 Å². The largest absolute Gasteiger partial charge is 0.380 e. The molecular weight excluding hydrogens is 174 g/mol. The van der Waals surface area contributed by atoms with E-state index in [9.17, 15) is 0 Å². The highest BCUT2D eigenvalue weighted by molar-refractivity contribution is 5.21. The lowest BCUT2D eigenvalue weighted by atomic mass is 10.2. The minimum atomic E-state index is 0.218. The first-order chi connectivity index (χ1) is 6.47. The summed E-state index contributed by atoms with van der Waals surface area (Å²) >= 11 is 0. The smallest absolute Gasteiger partial charge is 0.0717 e. The fourth-order valence-corrected chi connectivity index (χ4v) is 0.943. The Balaban J connectivity index is 4.06. The van der Waals surface area contributed by atoms with E-state index >= 15 is 0 Å². The van der Waals surface area contributed by atoms with Crippen LogP contribution in [0.4, 0.5) is 0 Å². The number of allylic oxidation sites excluding steroid dienone is 3. The molecule has 0 radical (unpaired) electrons. The van der Waals surface area contributed by atoms with E-state index in [1.54, 1.807) is 7.11 Å². The quantitative estimate of drug-likeness (QED) is 0.604. The summed E-state index contributed by atoms with van der Waals surface area (Å²) in [5.74, 6) is 0. The Bertz CT molecular complexity index is 230. The third kappa shape index (κ3) is 5.60. The predicted molar refractivity (Wildman–Crippen MR) is 62.2 cm³/mol. The molecule has 0 aliphatic carbocycles. The molecule has 0 spiro atoms. The summed E-state index contributed by atoms with van der Waals surface area (Å²) in [6.07, 6.45) is 4.14. The molecule has 0 saturated heterocycles. The van der Waals surface area contributed by atoms with Crippen molar-refractivity contribution in [2.24, 2.45) is 0 Å². The van der Waals surface area contributed by atoms with Crippen molar-refractivity contribution in [1.82, 2.24) is 4.90 Å². The van der Waals surface area contributed by atoms with Crippen molar-refractivity contribution in [3.63, 3.8) is 0 Å². The first-order valence-corrected chi connectivity index (χ1v) is 4.73. The minimum Gasteiger partial charge on any atom is -0.380 e. The molecule has 0 aliphatic heterocycles. The molecule has 0 amide bonds. The van der Waals surface area contributed by atoms with Gasteiger partial charge >= 0.3 is 0 Å². The normalized spacial score (nSPS) is 12.9. The maximum absolute atomic E-state index is 5.17. The molecule has 0 bridgehead atoms. The van der Waals surface area contributed by atoms with E-state index in [0.29, 0.717) is 0 Å². The Morgan fingerprint density at radius 1 is 1.43 bits per heavy atom. The molecule has 0 N–H and O–H groups in total. The first-order valence-electron chi connectivity index (χ1n) is 4.73. The molecule has 0 aliphatic rings. The fourth-order valence-electron chi connectivity index (χ4n) is 0.943. The van der Waals surface area contributed by atoms with E-state index in [1.165, 1.54) is 0 Å². The summed E-state index contributed by atoms with van der Waals surface area (Å²) in [5, 5.41) is 0. The van der Waals surface area contributed by atoms with Crippen LogP contribution in [-0.4, -0.2) is 31.7 Å². The lowest BCUT2D eigenvalue weighted by molar-refractivity contribution is 0.0956. The van der Waals surface area contributed by atoms with Crippen molar-refractivity contribution >= 4 is 0 Å². The molecule has 0 aromatic rings. The van der Waals surface area contributed by atoms with Crippen LogP contribution >= 0.6 is 0 Å². The number of methoxy groups -OCH3 is 1. The lowest BCUT2D eigenvalue weighted by Gasteiger charge is -2.22. The zero-order valence-corrected chi connectivity index (χ0v) is 9.71. The van der Waals surface area contributed by atoms with E-state index in [0.717, 1.165) is 17.8 Å².